The van der Waals surface area contributed by atoms with E-state index in [0.29, 0.717) is 4.47 Å². The van der Waals surface area contributed by atoms with E-state index in [-0.39, 0.29) is 5.03 Å². The van der Waals surface area contributed by atoms with Crippen molar-refractivity contribution in [3.63, 3.8) is 0 Å². The minimum Gasteiger partial charge on any atom is -0.243 e. The number of nitrogens with zero attached hydrogens (tertiary/aromatic N) is 1. The van der Waals surface area contributed by atoms with E-state index in [4.69, 9.17) is 10.7 Å². The van der Waals surface area contributed by atoms with Crippen LogP contribution >= 0.6 is 26.6 Å². The van der Waals surface area contributed by atoms with Gasteiger partial charge in [0.25, 0.3) is 0 Å². The Hall–Kier alpha value is -0.180. The van der Waals surface area contributed by atoms with Gasteiger partial charge < -0.3 is 0 Å². The maximum atomic E-state index is 11.8. The fraction of sp³-hybridized carbons (Fsp3) is 0.375. The molecule has 0 saturated carbocycles. The van der Waals surface area contributed by atoms with Crippen LogP contribution < -0.4 is 0 Å². The van der Waals surface area contributed by atoms with Crippen molar-refractivity contribution in [3.05, 3.63) is 22.3 Å². The molecule has 0 fully saturated rings. The summed E-state index contributed by atoms with van der Waals surface area (Å²) in [7, 11) is -2.63. The van der Waals surface area contributed by atoms with E-state index >= 15 is 0 Å². The van der Waals surface area contributed by atoms with Gasteiger partial charge in [-0.1, -0.05) is 0 Å². The molecule has 0 saturated heterocycles. The predicted octanol–water partition coefficient (Wildman–Crippen LogP) is 1.49. The number of rotatable bonds is 4. The largest absolute Gasteiger partial charge is 0.243 e. The van der Waals surface area contributed by atoms with E-state index in [1.807, 2.05) is 0 Å². The molecule has 1 aromatic rings. The number of sulfone groups is 1. The van der Waals surface area contributed by atoms with Gasteiger partial charge in [-0.3, -0.25) is 0 Å². The molecule has 17 heavy (non-hydrogen) atoms. The number of hydrogen-bond donors (Lipinski definition) is 0. The molecular weight excluding hydrogens is 354 g/mol. The Labute approximate surface area is 113 Å². The smallest absolute Gasteiger partial charge is 0.233 e. The van der Waals surface area contributed by atoms with Crippen molar-refractivity contribution < 1.29 is 16.8 Å². The second-order valence-electron chi connectivity index (χ2n) is 3.36. The van der Waals surface area contributed by atoms with Crippen molar-refractivity contribution in [2.75, 3.05) is 11.5 Å². The van der Waals surface area contributed by atoms with Gasteiger partial charge in [-0.25, -0.2) is 21.8 Å². The third-order valence-corrected chi connectivity index (χ3v) is 5.77. The van der Waals surface area contributed by atoms with Gasteiger partial charge in [0, 0.05) is 16.9 Å². The number of aromatic nitrogens is 1. The quantitative estimate of drug-likeness (QED) is 0.758. The fourth-order valence-corrected chi connectivity index (χ4v) is 5.26. The monoisotopic (exact) mass is 361 g/mol. The topological polar surface area (TPSA) is 81.2 Å². The lowest BCUT2D eigenvalue weighted by Crippen LogP contribution is -2.16. The maximum Gasteiger partial charge on any atom is 0.233 e. The minimum atomic E-state index is -3.84. The summed E-state index contributed by atoms with van der Waals surface area (Å²) in [4.78, 5) is 3.78. The number of halogens is 2. The molecule has 0 bridgehead atoms. The summed E-state index contributed by atoms with van der Waals surface area (Å²) in [5, 5.41) is -0.177. The van der Waals surface area contributed by atoms with Crippen LogP contribution in [0.1, 0.15) is 5.56 Å². The zero-order valence-electron chi connectivity index (χ0n) is 8.72. The Kier molecular flexibility index (Phi) is 4.56. The number of aryl methyl sites for hydroxylation is 1. The Morgan fingerprint density at radius 2 is 1.88 bits per heavy atom. The van der Waals surface area contributed by atoms with Crippen LogP contribution in [0.25, 0.3) is 0 Å². The first kappa shape index (κ1) is 14.9. The van der Waals surface area contributed by atoms with Crippen LogP contribution in [-0.2, 0) is 18.9 Å². The first-order valence-electron chi connectivity index (χ1n) is 4.39. The highest BCUT2D eigenvalue weighted by Gasteiger charge is 2.22. The fourth-order valence-electron chi connectivity index (χ4n) is 1.06. The van der Waals surface area contributed by atoms with Crippen LogP contribution in [0.15, 0.2) is 21.8 Å². The van der Waals surface area contributed by atoms with Crippen LogP contribution in [0.3, 0.4) is 0 Å². The lowest BCUT2D eigenvalue weighted by atomic mass is 10.3. The third kappa shape index (κ3) is 4.53. The van der Waals surface area contributed by atoms with E-state index in [2.05, 4.69) is 20.9 Å². The molecule has 9 heteroatoms. The van der Waals surface area contributed by atoms with Gasteiger partial charge in [0.05, 0.1) is 16.0 Å². The van der Waals surface area contributed by atoms with Crippen LogP contribution in [-0.4, -0.2) is 33.3 Å². The van der Waals surface area contributed by atoms with Gasteiger partial charge in [-0.15, -0.1) is 0 Å². The van der Waals surface area contributed by atoms with Gasteiger partial charge in [0.15, 0.2) is 14.9 Å². The zero-order chi connectivity index (χ0) is 13.3. The maximum absolute atomic E-state index is 11.8. The lowest BCUT2D eigenvalue weighted by Gasteiger charge is -2.05. The van der Waals surface area contributed by atoms with Crippen molar-refractivity contribution >= 4 is 45.5 Å². The standard InChI is InChI=1S/C8H9BrClNO4S2/c1-6-4-7(9)8(11-5-6)16(12,13)2-3-17(10,14)15/h4-5H,2-3H2,1H3. The average Bonchev–Trinajstić information content (AvgIpc) is 2.13. The van der Waals surface area contributed by atoms with E-state index in [0.717, 1.165) is 5.56 Å². The molecule has 0 atom stereocenters. The number of hydrogen-bond acceptors (Lipinski definition) is 5. The molecule has 1 heterocycles. The molecule has 1 rings (SSSR count). The molecule has 5 nitrogen and oxygen atoms in total. The van der Waals surface area contributed by atoms with Gasteiger partial charge in [-0.05, 0) is 34.5 Å². The summed E-state index contributed by atoms with van der Waals surface area (Å²) in [6.07, 6.45) is 1.40. The zero-order valence-corrected chi connectivity index (χ0v) is 12.7. The molecule has 0 aliphatic heterocycles. The summed E-state index contributed by atoms with van der Waals surface area (Å²) in [6, 6.07) is 1.59. The van der Waals surface area contributed by atoms with Crippen molar-refractivity contribution in [1.29, 1.82) is 0 Å². The van der Waals surface area contributed by atoms with Crippen LogP contribution in [0.2, 0.25) is 0 Å². The Bertz CT molecular complexity index is 627. The molecule has 0 radical (unpaired) electrons. The average molecular weight is 363 g/mol. The summed E-state index contributed by atoms with van der Waals surface area (Å²) in [5.41, 5.74) is 0.792. The molecule has 0 aromatic carbocycles. The lowest BCUT2D eigenvalue weighted by molar-refractivity contribution is 0.589. The summed E-state index contributed by atoms with van der Waals surface area (Å²) in [5.74, 6) is -1.23. The molecule has 0 N–H and O–H groups in total. The molecule has 0 amide bonds. The van der Waals surface area contributed by atoms with Crippen molar-refractivity contribution in [3.8, 4) is 0 Å². The molecular formula is C8H9BrClNO4S2. The normalized spacial score (nSPS) is 12.6. The summed E-state index contributed by atoms with van der Waals surface area (Å²) in [6.45, 7) is 1.76. The molecule has 96 valence electrons. The SMILES string of the molecule is Cc1cnc(S(=O)(=O)CCS(=O)(=O)Cl)c(Br)c1. The number of pyridine rings is 1. The Morgan fingerprint density at radius 1 is 1.29 bits per heavy atom. The highest BCUT2D eigenvalue weighted by molar-refractivity contribution is 9.10. The summed E-state index contributed by atoms with van der Waals surface area (Å²) < 4.78 is 45.3. The second kappa shape index (κ2) is 5.21. The Balaban J connectivity index is 3.06. The molecule has 0 aliphatic rings. The van der Waals surface area contributed by atoms with Gasteiger partial charge in [0.1, 0.15) is 0 Å². The first-order valence-corrected chi connectivity index (χ1v) is 9.31. The van der Waals surface area contributed by atoms with Crippen LogP contribution in [0, 0.1) is 6.92 Å². The third-order valence-electron chi connectivity index (χ3n) is 1.83. The molecule has 0 aliphatic carbocycles. The highest BCUT2D eigenvalue weighted by atomic mass is 79.9. The van der Waals surface area contributed by atoms with E-state index < -0.39 is 30.4 Å². The highest BCUT2D eigenvalue weighted by Crippen LogP contribution is 2.21. The van der Waals surface area contributed by atoms with Crippen LogP contribution in [0.5, 0.6) is 0 Å². The minimum absolute atomic E-state index is 0.177. The summed E-state index contributed by atoms with van der Waals surface area (Å²) >= 11 is 3.08. The molecule has 0 unspecified atom stereocenters. The van der Waals surface area contributed by atoms with Gasteiger partial charge >= 0.3 is 0 Å². The van der Waals surface area contributed by atoms with Gasteiger partial charge in [0.2, 0.25) is 9.05 Å². The molecule has 1 aromatic heterocycles. The van der Waals surface area contributed by atoms with E-state index in [1.54, 1.807) is 13.0 Å². The van der Waals surface area contributed by atoms with E-state index in [9.17, 15) is 16.8 Å². The predicted molar refractivity (Wildman–Crippen MR) is 68.4 cm³/mol. The van der Waals surface area contributed by atoms with Gasteiger partial charge in [-0.2, -0.15) is 0 Å². The van der Waals surface area contributed by atoms with Crippen LogP contribution in [0.4, 0.5) is 0 Å². The van der Waals surface area contributed by atoms with Crippen molar-refractivity contribution in [2.45, 2.75) is 11.9 Å². The second-order valence-corrected chi connectivity index (χ2v) is 9.14. The first-order chi connectivity index (χ1) is 7.62. The van der Waals surface area contributed by atoms with E-state index in [1.165, 1.54) is 6.20 Å². The molecule has 0 spiro atoms. The Morgan fingerprint density at radius 3 is 2.35 bits per heavy atom. The van der Waals surface area contributed by atoms with Crippen molar-refractivity contribution in [1.82, 2.24) is 4.98 Å². The van der Waals surface area contributed by atoms with Crippen molar-refractivity contribution in [2.24, 2.45) is 0 Å².